The van der Waals surface area contributed by atoms with Crippen molar-refractivity contribution in [2.45, 2.75) is 5.92 Å². The Labute approximate surface area is 105 Å². The predicted octanol–water partition coefficient (Wildman–Crippen LogP) is 2.19. The lowest BCUT2D eigenvalue weighted by molar-refractivity contribution is 0.0949. The first-order valence-electron chi connectivity index (χ1n) is 5.87. The highest BCUT2D eigenvalue weighted by molar-refractivity contribution is 5.93. The molecule has 0 unspecified atom stereocenters. The molecule has 92 valence electrons. The van der Waals surface area contributed by atoms with E-state index in [1.807, 2.05) is 24.3 Å². The molecule has 1 aromatic heterocycles. The topological polar surface area (TPSA) is 51.5 Å². The van der Waals surface area contributed by atoms with Gasteiger partial charge in [0.1, 0.15) is 12.0 Å². The number of hydrogen-bond acceptors (Lipinski definition) is 3. The van der Waals surface area contributed by atoms with E-state index in [0.717, 1.165) is 11.3 Å². The number of furan rings is 1. The summed E-state index contributed by atoms with van der Waals surface area (Å²) in [6, 6.07) is 9.57. The van der Waals surface area contributed by atoms with E-state index >= 15 is 0 Å². The van der Waals surface area contributed by atoms with Gasteiger partial charge in [-0.25, -0.2) is 0 Å². The average molecular weight is 243 g/mol. The predicted molar refractivity (Wildman–Crippen MR) is 65.7 cm³/mol. The van der Waals surface area contributed by atoms with Crippen molar-refractivity contribution in [1.82, 2.24) is 5.32 Å². The second kappa shape index (κ2) is 4.56. The van der Waals surface area contributed by atoms with E-state index in [1.165, 1.54) is 12.5 Å². The molecule has 0 saturated heterocycles. The van der Waals surface area contributed by atoms with Gasteiger partial charge in [0.25, 0.3) is 5.91 Å². The van der Waals surface area contributed by atoms with Gasteiger partial charge in [0.2, 0.25) is 0 Å². The zero-order valence-electron chi connectivity index (χ0n) is 9.76. The minimum Gasteiger partial charge on any atom is -0.493 e. The monoisotopic (exact) mass is 243 g/mol. The zero-order chi connectivity index (χ0) is 12.4. The van der Waals surface area contributed by atoms with Gasteiger partial charge in [-0.15, -0.1) is 0 Å². The zero-order valence-corrected chi connectivity index (χ0v) is 9.76. The molecule has 4 heteroatoms. The summed E-state index contributed by atoms with van der Waals surface area (Å²) in [5.74, 6) is 1.02. The lowest BCUT2D eigenvalue weighted by Gasteiger charge is -2.09. The lowest BCUT2D eigenvalue weighted by Crippen LogP contribution is -2.28. The van der Waals surface area contributed by atoms with Crippen molar-refractivity contribution in [3.63, 3.8) is 0 Å². The van der Waals surface area contributed by atoms with Crippen LogP contribution in [0.5, 0.6) is 5.75 Å². The van der Waals surface area contributed by atoms with E-state index in [0.29, 0.717) is 18.7 Å². The minimum absolute atomic E-state index is 0.117. The van der Waals surface area contributed by atoms with Crippen LogP contribution in [-0.2, 0) is 0 Å². The van der Waals surface area contributed by atoms with Crippen molar-refractivity contribution in [3.05, 3.63) is 54.0 Å². The van der Waals surface area contributed by atoms with Crippen LogP contribution in [-0.4, -0.2) is 19.1 Å². The van der Waals surface area contributed by atoms with Gasteiger partial charge in [0.05, 0.1) is 18.4 Å². The number of nitrogens with one attached hydrogen (secondary N) is 1. The third-order valence-electron chi connectivity index (χ3n) is 3.09. The quantitative estimate of drug-likeness (QED) is 0.899. The van der Waals surface area contributed by atoms with Crippen molar-refractivity contribution in [1.29, 1.82) is 0 Å². The standard InChI is InChI=1S/C14H13NO3/c16-14(10-5-6-17-8-10)15-7-11-9-18-13-4-2-1-3-12(11)13/h1-6,8,11H,7,9H2,(H,15,16)/t11-/m0/s1. The fourth-order valence-corrected chi connectivity index (χ4v) is 2.11. The summed E-state index contributed by atoms with van der Waals surface area (Å²) in [4.78, 5) is 11.8. The van der Waals surface area contributed by atoms with Crippen LogP contribution in [0.25, 0.3) is 0 Å². The van der Waals surface area contributed by atoms with Crippen LogP contribution in [0.2, 0.25) is 0 Å². The Morgan fingerprint density at radius 1 is 1.33 bits per heavy atom. The highest BCUT2D eigenvalue weighted by atomic mass is 16.5. The number of fused-ring (bicyclic) bond motifs is 1. The Morgan fingerprint density at radius 2 is 2.22 bits per heavy atom. The van der Waals surface area contributed by atoms with Gasteiger partial charge < -0.3 is 14.5 Å². The Balaban J connectivity index is 1.64. The Morgan fingerprint density at radius 3 is 3.06 bits per heavy atom. The van der Waals surface area contributed by atoms with Gasteiger partial charge in [-0.3, -0.25) is 4.79 Å². The summed E-state index contributed by atoms with van der Waals surface area (Å²) in [6.07, 6.45) is 2.93. The van der Waals surface area contributed by atoms with E-state index < -0.39 is 0 Å². The number of rotatable bonds is 3. The minimum atomic E-state index is -0.117. The van der Waals surface area contributed by atoms with Crippen molar-refractivity contribution >= 4 is 5.91 Å². The number of amides is 1. The average Bonchev–Trinajstić information content (AvgIpc) is 3.06. The smallest absolute Gasteiger partial charge is 0.254 e. The van der Waals surface area contributed by atoms with Gasteiger partial charge >= 0.3 is 0 Å². The summed E-state index contributed by atoms with van der Waals surface area (Å²) in [7, 11) is 0. The molecule has 18 heavy (non-hydrogen) atoms. The summed E-state index contributed by atoms with van der Waals surface area (Å²) in [5, 5.41) is 2.89. The molecule has 0 radical (unpaired) electrons. The molecule has 1 aliphatic rings. The molecular weight excluding hydrogens is 230 g/mol. The van der Waals surface area contributed by atoms with Crippen LogP contribution >= 0.6 is 0 Å². The van der Waals surface area contributed by atoms with E-state index in [9.17, 15) is 4.79 Å². The summed E-state index contributed by atoms with van der Waals surface area (Å²) >= 11 is 0. The normalized spacial score (nSPS) is 17.0. The van der Waals surface area contributed by atoms with Crippen molar-refractivity contribution in [3.8, 4) is 5.75 Å². The molecule has 1 aromatic carbocycles. The number of hydrogen-bond donors (Lipinski definition) is 1. The molecule has 0 spiro atoms. The summed E-state index contributed by atoms with van der Waals surface area (Å²) in [6.45, 7) is 1.19. The number of para-hydroxylation sites is 1. The molecule has 1 N–H and O–H groups in total. The maximum Gasteiger partial charge on any atom is 0.254 e. The Bertz CT molecular complexity index is 548. The molecule has 1 atom stereocenters. The molecule has 0 fully saturated rings. The first-order valence-corrected chi connectivity index (χ1v) is 5.87. The van der Waals surface area contributed by atoms with Crippen LogP contribution in [0.4, 0.5) is 0 Å². The molecule has 0 bridgehead atoms. The molecule has 1 amide bonds. The fraction of sp³-hybridized carbons (Fsp3) is 0.214. The molecule has 2 heterocycles. The van der Waals surface area contributed by atoms with Gasteiger partial charge in [-0.2, -0.15) is 0 Å². The first-order chi connectivity index (χ1) is 8.84. The van der Waals surface area contributed by atoms with Crippen molar-refractivity contribution in [2.75, 3.05) is 13.2 Å². The largest absolute Gasteiger partial charge is 0.493 e. The third-order valence-corrected chi connectivity index (χ3v) is 3.09. The third kappa shape index (κ3) is 1.97. The fourth-order valence-electron chi connectivity index (χ4n) is 2.11. The van der Waals surface area contributed by atoms with Crippen LogP contribution in [0.1, 0.15) is 21.8 Å². The van der Waals surface area contributed by atoms with Crippen LogP contribution in [0, 0.1) is 0 Å². The molecule has 0 aliphatic carbocycles. The second-order valence-electron chi connectivity index (χ2n) is 4.27. The van der Waals surface area contributed by atoms with Crippen molar-refractivity contribution < 1.29 is 13.9 Å². The van der Waals surface area contributed by atoms with Crippen LogP contribution in [0.15, 0.2) is 47.3 Å². The maximum atomic E-state index is 11.8. The van der Waals surface area contributed by atoms with Crippen LogP contribution in [0.3, 0.4) is 0 Å². The molecule has 3 rings (SSSR count). The van der Waals surface area contributed by atoms with Gasteiger partial charge in [0.15, 0.2) is 0 Å². The number of carbonyl (C=O) groups excluding carboxylic acids is 1. The Hall–Kier alpha value is -2.23. The summed E-state index contributed by atoms with van der Waals surface area (Å²) < 4.78 is 10.4. The molecule has 1 aliphatic heterocycles. The van der Waals surface area contributed by atoms with Gasteiger partial charge in [-0.05, 0) is 12.1 Å². The van der Waals surface area contributed by atoms with Gasteiger partial charge in [-0.1, -0.05) is 18.2 Å². The first kappa shape index (κ1) is 10.9. The summed E-state index contributed by atoms with van der Waals surface area (Å²) in [5.41, 5.74) is 1.70. The van der Waals surface area contributed by atoms with E-state index in [4.69, 9.17) is 9.15 Å². The van der Waals surface area contributed by atoms with E-state index in [2.05, 4.69) is 5.32 Å². The second-order valence-corrected chi connectivity index (χ2v) is 4.27. The highest BCUT2D eigenvalue weighted by Crippen LogP contribution is 2.32. The molecule has 2 aromatic rings. The van der Waals surface area contributed by atoms with Crippen molar-refractivity contribution in [2.24, 2.45) is 0 Å². The number of ether oxygens (including phenoxy) is 1. The Kier molecular flexibility index (Phi) is 2.76. The molecule has 0 saturated carbocycles. The molecular formula is C14H13NO3. The van der Waals surface area contributed by atoms with Gasteiger partial charge in [0, 0.05) is 18.0 Å². The highest BCUT2D eigenvalue weighted by Gasteiger charge is 2.24. The molecule has 4 nitrogen and oxygen atoms in total. The maximum absolute atomic E-state index is 11.8. The van der Waals surface area contributed by atoms with Crippen LogP contribution < -0.4 is 10.1 Å². The van der Waals surface area contributed by atoms with E-state index in [-0.39, 0.29) is 11.8 Å². The number of benzene rings is 1. The van der Waals surface area contributed by atoms with E-state index in [1.54, 1.807) is 6.07 Å². The lowest BCUT2D eigenvalue weighted by atomic mass is 10.0. The SMILES string of the molecule is O=C(NC[C@H]1COc2ccccc21)c1ccoc1. The number of carbonyl (C=O) groups is 1.